The zero-order valence-electron chi connectivity index (χ0n) is 11.8. The predicted molar refractivity (Wildman–Crippen MR) is 77.0 cm³/mol. The lowest BCUT2D eigenvalue weighted by Crippen LogP contribution is -2.44. The van der Waals surface area contributed by atoms with Crippen molar-refractivity contribution in [2.24, 2.45) is 16.8 Å². The molecule has 0 bridgehead atoms. The number of piperidine rings is 1. The molecule has 0 aliphatic carbocycles. The Hall–Kier alpha value is -2.08. The average molecular weight is 289 g/mol. The Morgan fingerprint density at radius 2 is 2.19 bits per heavy atom. The third-order valence-electron chi connectivity index (χ3n) is 4.21. The maximum Gasteiger partial charge on any atom is 0.253 e. The number of hydrogen-bond donors (Lipinski definition) is 2. The summed E-state index contributed by atoms with van der Waals surface area (Å²) in [6, 6.07) is 5.72. The third-order valence-corrected chi connectivity index (χ3v) is 4.21. The minimum Gasteiger partial charge on any atom is -0.409 e. The van der Waals surface area contributed by atoms with Gasteiger partial charge in [0.05, 0.1) is 13.2 Å². The van der Waals surface area contributed by atoms with Gasteiger partial charge >= 0.3 is 0 Å². The molecule has 1 unspecified atom stereocenters. The normalized spacial score (nSPS) is 22.2. The van der Waals surface area contributed by atoms with E-state index in [0.29, 0.717) is 31.9 Å². The lowest BCUT2D eigenvalue weighted by Gasteiger charge is -2.32. The SMILES string of the molecule is NC(=NO)C1CCCN(C(=O)c2ccc3c(c2)COC3)C1. The fourth-order valence-corrected chi connectivity index (χ4v) is 2.97. The Morgan fingerprint density at radius 1 is 1.38 bits per heavy atom. The Bertz CT molecular complexity index is 586. The number of nitrogens with zero attached hydrogens (tertiary/aromatic N) is 2. The van der Waals surface area contributed by atoms with Crippen LogP contribution in [0.2, 0.25) is 0 Å². The maximum absolute atomic E-state index is 12.6. The highest BCUT2D eigenvalue weighted by atomic mass is 16.5. The second kappa shape index (κ2) is 5.73. The van der Waals surface area contributed by atoms with Crippen LogP contribution in [0, 0.1) is 5.92 Å². The summed E-state index contributed by atoms with van der Waals surface area (Å²) in [4.78, 5) is 14.4. The van der Waals surface area contributed by atoms with Crippen LogP contribution in [0.4, 0.5) is 0 Å². The molecule has 0 saturated carbocycles. The van der Waals surface area contributed by atoms with E-state index in [4.69, 9.17) is 15.7 Å². The molecule has 1 aromatic rings. The molecule has 0 aromatic heterocycles. The fourth-order valence-electron chi connectivity index (χ4n) is 2.97. The molecule has 2 heterocycles. The molecule has 3 N–H and O–H groups in total. The molecule has 0 radical (unpaired) electrons. The second-order valence-corrected chi connectivity index (χ2v) is 5.59. The summed E-state index contributed by atoms with van der Waals surface area (Å²) in [6.45, 7) is 2.41. The predicted octanol–water partition coefficient (Wildman–Crippen LogP) is 1.32. The molecular formula is C15H19N3O3. The first-order valence-electron chi connectivity index (χ1n) is 7.15. The smallest absolute Gasteiger partial charge is 0.253 e. The third kappa shape index (κ3) is 2.71. The van der Waals surface area contributed by atoms with E-state index in [0.717, 1.165) is 24.0 Å². The van der Waals surface area contributed by atoms with Gasteiger partial charge in [-0.1, -0.05) is 11.2 Å². The van der Waals surface area contributed by atoms with Crippen LogP contribution >= 0.6 is 0 Å². The van der Waals surface area contributed by atoms with E-state index in [1.165, 1.54) is 0 Å². The van der Waals surface area contributed by atoms with Crippen molar-refractivity contribution in [3.05, 3.63) is 34.9 Å². The zero-order chi connectivity index (χ0) is 14.8. The summed E-state index contributed by atoms with van der Waals surface area (Å²) in [5.74, 6) is 0.139. The molecule has 1 aromatic carbocycles. The van der Waals surface area contributed by atoms with Gasteiger partial charge < -0.3 is 20.6 Å². The van der Waals surface area contributed by atoms with Crippen molar-refractivity contribution in [1.82, 2.24) is 4.90 Å². The van der Waals surface area contributed by atoms with Gasteiger partial charge in [-0.2, -0.15) is 0 Å². The average Bonchev–Trinajstić information content (AvgIpc) is 3.01. The summed E-state index contributed by atoms with van der Waals surface area (Å²) in [7, 11) is 0. The Balaban J connectivity index is 1.75. The summed E-state index contributed by atoms with van der Waals surface area (Å²) in [5, 5.41) is 11.8. The number of carbonyl (C=O) groups excluding carboxylic acids is 1. The number of benzene rings is 1. The van der Waals surface area contributed by atoms with Crippen molar-refractivity contribution >= 4 is 11.7 Å². The molecular weight excluding hydrogens is 270 g/mol. The number of amides is 1. The topological polar surface area (TPSA) is 88.2 Å². The van der Waals surface area contributed by atoms with Crippen molar-refractivity contribution in [2.75, 3.05) is 13.1 Å². The summed E-state index contributed by atoms with van der Waals surface area (Å²) < 4.78 is 5.37. The number of amidine groups is 1. The summed E-state index contributed by atoms with van der Waals surface area (Å²) >= 11 is 0. The minimum absolute atomic E-state index is 0.000129. The molecule has 2 aliphatic rings. The minimum atomic E-state index is -0.0644. The first-order valence-corrected chi connectivity index (χ1v) is 7.15. The summed E-state index contributed by atoms with van der Waals surface area (Å²) in [6.07, 6.45) is 1.71. The lowest BCUT2D eigenvalue weighted by molar-refractivity contribution is 0.0701. The molecule has 21 heavy (non-hydrogen) atoms. The van der Waals surface area contributed by atoms with Crippen LogP contribution in [0.25, 0.3) is 0 Å². The van der Waals surface area contributed by atoms with E-state index in [1.54, 1.807) is 4.90 Å². The van der Waals surface area contributed by atoms with Crippen molar-refractivity contribution in [2.45, 2.75) is 26.1 Å². The number of hydrogen-bond acceptors (Lipinski definition) is 4. The Morgan fingerprint density at radius 3 is 3.00 bits per heavy atom. The van der Waals surface area contributed by atoms with E-state index in [9.17, 15) is 4.79 Å². The van der Waals surface area contributed by atoms with Gasteiger partial charge in [-0.3, -0.25) is 4.79 Å². The number of likely N-dealkylation sites (tertiary alicyclic amines) is 1. The molecule has 1 saturated heterocycles. The Labute approximate surface area is 123 Å². The molecule has 3 rings (SSSR count). The van der Waals surface area contributed by atoms with Crippen LogP contribution in [0.15, 0.2) is 23.4 Å². The standard InChI is InChI=1S/C15H19N3O3/c16-14(17-20)11-2-1-5-18(7-11)15(19)10-3-4-12-8-21-9-13(12)6-10/h3-4,6,11,20H,1-2,5,7-9H2,(H2,16,17). The van der Waals surface area contributed by atoms with Gasteiger partial charge in [0.25, 0.3) is 5.91 Å². The second-order valence-electron chi connectivity index (χ2n) is 5.59. The lowest BCUT2D eigenvalue weighted by atomic mass is 9.96. The molecule has 1 amide bonds. The largest absolute Gasteiger partial charge is 0.409 e. The van der Waals surface area contributed by atoms with Gasteiger partial charge in [-0.05, 0) is 36.1 Å². The summed E-state index contributed by atoms with van der Waals surface area (Å²) in [5.41, 5.74) is 8.59. The Kier molecular flexibility index (Phi) is 3.79. The first kappa shape index (κ1) is 13.9. The van der Waals surface area contributed by atoms with Crippen LogP contribution < -0.4 is 5.73 Å². The molecule has 0 spiro atoms. The van der Waals surface area contributed by atoms with Crippen LogP contribution in [-0.4, -0.2) is 34.9 Å². The van der Waals surface area contributed by atoms with Crippen LogP contribution in [-0.2, 0) is 18.0 Å². The number of fused-ring (bicyclic) bond motifs is 1. The number of carbonyl (C=O) groups is 1. The van der Waals surface area contributed by atoms with Crippen molar-refractivity contribution in [3.8, 4) is 0 Å². The van der Waals surface area contributed by atoms with Crippen molar-refractivity contribution in [3.63, 3.8) is 0 Å². The quantitative estimate of drug-likeness (QED) is 0.372. The molecule has 1 atom stereocenters. The maximum atomic E-state index is 12.6. The molecule has 6 nitrogen and oxygen atoms in total. The molecule has 6 heteroatoms. The van der Waals surface area contributed by atoms with Crippen molar-refractivity contribution in [1.29, 1.82) is 0 Å². The monoisotopic (exact) mass is 289 g/mol. The van der Waals surface area contributed by atoms with E-state index >= 15 is 0 Å². The van der Waals surface area contributed by atoms with Gasteiger partial charge in [-0.15, -0.1) is 0 Å². The van der Waals surface area contributed by atoms with Crippen LogP contribution in [0.1, 0.15) is 34.3 Å². The molecule has 112 valence electrons. The van der Waals surface area contributed by atoms with Crippen LogP contribution in [0.5, 0.6) is 0 Å². The van der Waals surface area contributed by atoms with Gasteiger partial charge in [-0.25, -0.2) is 0 Å². The van der Waals surface area contributed by atoms with E-state index < -0.39 is 0 Å². The van der Waals surface area contributed by atoms with Gasteiger partial charge in [0.15, 0.2) is 0 Å². The highest BCUT2D eigenvalue weighted by Crippen LogP contribution is 2.23. The number of ether oxygens (including phenoxy) is 1. The van der Waals surface area contributed by atoms with E-state index in [2.05, 4.69) is 5.16 Å². The number of oxime groups is 1. The van der Waals surface area contributed by atoms with Crippen molar-refractivity contribution < 1.29 is 14.7 Å². The van der Waals surface area contributed by atoms with Crippen LogP contribution in [0.3, 0.4) is 0 Å². The first-order chi connectivity index (χ1) is 10.2. The molecule has 2 aliphatic heterocycles. The number of nitrogens with two attached hydrogens (primary N) is 1. The highest BCUT2D eigenvalue weighted by molar-refractivity contribution is 5.95. The van der Waals surface area contributed by atoms with E-state index in [1.807, 2.05) is 18.2 Å². The highest BCUT2D eigenvalue weighted by Gasteiger charge is 2.27. The molecule has 1 fully saturated rings. The van der Waals surface area contributed by atoms with E-state index in [-0.39, 0.29) is 17.7 Å². The number of rotatable bonds is 2. The van der Waals surface area contributed by atoms with Gasteiger partial charge in [0, 0.05) is 24.6 Å². The fraction of sp³-hybridized carbons (Fsp3) is 0.467. The zero-order valence-corrected chi connectivity index (χ0v) is 11.8. The van der Waals surface area contributed by atoms with Gasteiger partial charge in [0.1, 0.15) is 5.84 Å². The van der Waals surface area contributed by atoms with Gasteiger partial charge in [0.2, 0.25) is 0 Å².